The number of pyridine rings is 1. The van der Waals surface area contributed by atoms with Crippen molar-refractivity contribution in [2.45, 2.75) is 46.5 Å². The molecule has 7 heteroatoms. The molecule has 3 aromatic heterocycles. The summed E-state index contributed by atoms with van der Waals surface area (Å²) in [4.78, 5) is 4.73. The van der Waals surface area contributed by atoms with Crippen molar-refractivity contribution in [3.63, 3.8) is 0 Å². The molecule has 0 unspecified atom stereocenters. The van der Waals surface area contributed by atoms with Crippen LogP contribution in [0.1, 0.15) is 43.6 Å². The van der Waals surface area contributed by atoms with Crippen molar-refractivity contribution in [2.75, 3.05) is 14.2 Å². The summed E-state index contributed by atoms with van der Waals surface area (Å²) < 4.78 is 22.6. The van der Waals surface area contributed by atoms with Gasteiger partial charge in [-0.3, -0.25) is 4.57 Å². The van der Waals surface area contributed by atoms with Crippen LogP contribution in [0.25, 0.3) is 44.4 Å². The summed E-state index contributed by atoms with van der Waals surface area (Å²) in [7, 11) is 3.41. The molecular formula is C41H40N4O3. The van der Waals surface area contributed by atoms with Gasteiger partial charge in [-0.1, -0.05) is 57.0 Å². The minimum atomic E-state index is 0.731. The van der Waals surface area contributed by atoms with E-state index in [4.69, 9.17) is 24.3 Å². The lowest BCUT2D eigenvalue weighted by atomic mass is 9.97. The smallest absolute Gasteiger partial charge is 0.137 e. The number of aromatic nitrogens is 4. The molecular weight excluding hydrogens is 596 g/mol. The van der Waals surface area contributed by atoms with Crippen LogP contribution in [-0.4, -0.2) is 33.6 Å². The van der Waals surface area contributed by atoms with Gasteiger partial charge in [0.05, 0.1) is 47.9 Å². The molecule has 7 nitrogen and oxygen atoms in total. The minimum Gasteiger partial charge on any atom is -0.496 e. The number of methoxy groups -OCH3 is 2. The zero-order valence-corrected chi connectivity index (χ0v) is 28.2. The molecule has 0 amide bonds. The van der Waals surface area contributed by atoms with E-state index < -0.39 is 0 Å². The third-order valence-corrected chi connectivity index (χ3v) is 8.78. The van der Waals surface area contributed by atoms with Crippen molar-refractivity contribution in [1.29, 1.82) is 0 Å². The van der Waals surface area contributed by atoms with Gasteiger partial charge in [0.1, 0.15) is 28.8 Å². The van der Waals surface area contributed by atoms with Gasteiger partial charge in [0, 0.05) is 34.7 Å². The van der Waals surface area contributed by atoms with Crippen LogP contribution in [0.15, 0.2) is 103 Å². The highest BCUT2D eigenvalue weighted by Gasteiger charge is 2.25. The number of fused-ring (bicyclic) bond motifs is 3. The first kappa shape index (κ1) is 31.1. The fourth-order valence-electron chi connectivity index (χ4n) is 6.70. The normalized spacial score (nSPS) is 11.4. The maximum absolute atomic E-state index is 6.59. The van der Waals surface area contributed by atoms with Crippen molar-refractivity contribution < 1.29 is 14.2 Å². The van der Waals surface area contributed by atoms with Crippen molar-refractivity contribution in [3.05, 3.63) is 120 Å². The zero-order chi connectivity index (χ0) is 33.2. The average Bonchev–Trinajstić information content (AvgIpc) is 3.63. The standard InChI is InChI=1S/C41H40N4O3/c1-6-12-33-40(41-37(46-4)18-11-19-38(41)47-5)35(13-7-2)45(43-33)28-14-10-15-29(25-28)48-30-20-21-32-31-16-8-9-17-34(31)44(36(32)26-30)39-24-27(3)22-23-42-39/h8-11,14-26H,6-7,12-13H2,1-5H3. The summed E-state index contributed by atoms with van der Waals surface area (Å²) in [6, 6.07) is 33.0. The van der Waals surface area contributed by atoms with Gasteiger partial charge in [-0.05, 0) is 79.9 Å². The van der Waals surface area contributed by atoms with E-state index in [1.807, 2.05) is 48.7 Å². The highest BCUT2D eigenvalue weighted by atomic mass is 16.5. The number of nitrogens with zero attached hydrogens (tertiary/aromatic N) is 4. The fraction of sp³-hybridized carbons (Fsp3) is 0.220. The second-order valence-electron chi connectivity index (χ2n) is 12.0. The highest BCUT2D eigenvalue weighted by molar-refractivity contribution is 6.09. The first-order chi connectivity index (χ1) is 23.5. The van der Waals surface area contributed by atoms with E-state index in [1.165, 1.54) is 5.39 Å². The topological polar surface area (TPSA) is 63.3 Å². The van der Waals surface area contributed by atoms with E-state index in [0.717, 1.165) is 105 Å². The largest absolute Gasteiger partial charge is 0.496 e. The quantitative estimate of drug-likeness (QED) is 0.141. The Morgan fingerprint density at radius 2 is 1.40 bits per heavy atom. The van der Waals surface area contributed by atoms with Gasteiger partial charge >= 0.3 is 0 Å². The fourth-order valence-corrected chi connectivity index (χ4v) is 6.70. The van der Waals surface area contributed by atoms with Gasteiger partial charge in [-0.15, -0.1) is 0 Å². The van der Waals surface area contributed by atoms with Crippen LogP contribution in [0.3, 0.4) is 0 Å². The first-order valence-electron chi connectivity index (χ1n) is 16.6. The maximum atomic E-state index is 6.59. The molecule has 242 valence electrons. The Bertz CT molecular complexity index is 2220. The van der Waals surface area contributed by atoms with Gasteiger partial charge in [0.25, 0.3) is 0 Å². The molecule has 0 atom stereocenters. The number of benzene rings is 4. The van der Waals surface area contributed by atoms with Gasteiger partial charge in [0.15, 0.2) is 0 Å². The summed E-state index contributed by atoms with van der Waals surface area (Å²) in [6.45, 7) is 6.47. The highest BCUT2D eigenvalue weighted by Crippen LogP contribution is 2.43. The van der Waals surface area contributed by atoms with Crippen molar-refractivity contribution in [2.24, 2.45) is 0 Å². The van der Waals surface area contributed by atoms with Crippen LogP contribution in [0, 0.1) is 6.92 Å². The molecule has 0 N–H and O–H groups in total. The number of hydrogen-bond donors (Lipinski definition) is 0. The van der Waals surface area contributed by atoms with Crippen molar-refractivity contribution in [3.8, 4) is 45.6 Å². The molecule has 7 aromatic rings. The maximum Gasteiger partial charge on any atom is 0.137 e. The Morgan fingerprint density at radius 1 is 0.667 bits per heavy atom. The zero-order valence-electron chi connectivity index (χ0n) is 28.2. The molecule has 0 spiro atoms. The molecule has 3 heterocycles. The van der Waals surface area contributed by atoms with E-state index >= 15 is 0 Å². The van der Waals surface area contributed by atoms with Gasteiger partial charge < -0.3 is 14.2 Å². The molecule has 0 aliphatic carbocycles. The third kappa shape index (κ3) is 5.55. The molecule has 0 fully saturated rings. The van der Waals surface area contributed by atoms with Crippen LogP contribution in [0.4, 0.5) is 0 Å². The predicted molar refractivity (Wildman–Crippen MR) is 193 cm³/mol. The van der Waals surface area contributed by atoms with E-state index in [9.17, 15) is 0 Å². The van der Waals surface area contributed by atoms with Crippen LogP contribution >= 0.6 is 0 Å². The van der Waals surface area contributed by atoms with E-state index in [1.54, 1.807) is 14.2 Å². The second-order valence-corrected chi connectivity index (χ2v) is 12.0. The molecule has 0 aliphatic heterocycles. The van der Waals surface area contributed by atoms with Crippen LogP contribution in [-0.2, 0) is 12.8 Å². The first-order valence-corrected chi connectivity index (χ1v) is 16.6. The number of hydrogen-bond acceptors (Lipinski definition) is 5. The van der Waals surface area contributed by atoms with Crippen LogP contribution in [0.5, 0.6) is 23.0 Å². The summed E-state index contributed by atoms with van der Waals surface area (Å²) >= 11 is 0. The minimum absolute atomic E-state index is 0.731. The van der Waals surface area contributed by atoms with Gasteiger partial charge in [-0.2, -0.15) is 5.10 Å². The molecule has 7 rings (SSSR count). The summed E-state index contributed by atoms with van der Waals surface area (Å²) in [5.41, 5.74) is 8.42. The molecule has 0 radical (unpaired) electrons. The van der Waals surface area contributed by atoms with Crippen molar-refractivity contribution >= 4 is 21.8 Å². The number of aryl methyl sites for hydroxylation is 2. The van der Waals surface area contributed by atoms with Gasteiger partial charge in [0.2, 0.25) is 0 Å². The molecule has 0 saturated carbocycles. The number of ether oxygens (including phenoxy) is 3. The van der Waals surface area contributed by atoms with E-state index in [-0.39, 0.29) is 0 Å². The van der Waals surface area contributed by atoms with Crippen LogP contribution in [0.2, 0.25) is 0 Å². The number of para-hydroxylation sites is 1. The van der Waals surface area contributed by atoms with Crippen LogP contribution < -0.4 is 14.2 Å². The molecule has 4 aromatic carbocycles. The Morgan fingerprint density at radius 3 is 2.15 bits per heavy atom. The lowest BCUT2D eigenvalue weighted by molar-refractivity contribution is 0.397. The van der Waals surface area contributed by atoms with Crippen molar-refractivity contribution in [1.82, 2.24) is 19.3 Å². The Hall–Kier alpha value is -5.56. The molecule has 0 aliphatic rings. The summed E-state index contributed by atoms with van der Waals surface area (Å²) in [6.07, 6.45) is 5.46. The number of rotatable bonds is 11. The lowest BCUT2D eigenvalue weighted by Gasteiger charge is -2.16. The third-order valence-electron chi connectivity index (χ3n) is 8.78. The van der Waals surface area contributed by atoms with Gasteiger partial charge in [-0.25, -0.2) is 9.67 Å². The molecule has 48 heavy (non-hydrogen) atoms. The SMILES string of the molecule is CCCc1nn(-c2cccc(Oc3ccc4c5ccccc5n(-c5cc(C)ccn5)c4c3)c2)c(CCC)c1-c1c(OC)cccc1OC. The summed E-state index contributed by atoms with van der Waals surface area (Å²) in [5, 5.41) is 7.55. The Balaban J connectivity index is 1.32. The van der Waals surface area contributed by atoms with E-state index in [0.29, 0.717) is 0 Å². The average molecular weight is 637 g/mol. The molecule has 0 bridgehead atoms. The Kier molecular flexibility index (Phi) is 8.59. The summed E-state index contributed by atoms with van der Waals surface area (Å²) in [5.74, 6) is 3.91. The second kappa shape index (κ2) is 13.3. The van der Waals surface area contributed by atoms with E-state index in [2.05, 4.69) is 84.6 Å². The molecule has 0 saturated heterocycles. The lowest BCUT2D eigenvalue weighted by Crippen LogP contribution is -2.04. The predicted octanol–water partition coefficient (Wildman–Crippen LogP) is 10.1. The Labute approximate surface area is 281 Å². The monoisotopic (exact) mass is 636 g/mol.